The van der Waals surface area contributed by atoms with Crippen molar-refractivity contribution in [1.29, 1.82) is 0 Å². The van der Waals surface area contributed by atoms with E-state index in [0.717, 1.165) is 32.3 Å². The first-order chi connectivity index (χ1) is 10.7. The minimum Gasteiger partial charge on any atom is -0.378 e. The van der Waals surface area contributed by atoms with Crippen molar-refractivity contribution in [2.24, 2.45) is 0 Å². The van der Waals surface area contributed by atoms with Crippen LogP contribution in [0.25, 0.3) is 0 Å². The molecule has 0 rings (SSSR count). The molecule has 2 nitrogen and oxygen atoms in total. The molecule has 22 heavy (non-hydrogen) atoms. The molecule has 1 unspecified atom stereocenters. The highest BCUT2D eigenvalue weighted by Gasteiger charge is 2.16. The lowest BCUT2D eigenvalue weighted by atomic mass is 9.97. The van der Waals surface area contributed by atoms with Crippen LogP contribution >= 0.6 is 0 Å². The van der Waals surface area contributed by atoms with Crippen molar-refractivity contribution in [3.05, 3.63) is 0 Å². The van der Waals surface area contributed by atoms with Crippen LogP contribution in [0, 0.1) is 0 Å². The molecule has 130 valence electrons. The molecule has 0 amide bonds. The third-order valence-electron chi connectivity index (χ3n) is 4.11. The van der Waals surface area contributed by atoms with E-state index in [0.29, 0.717) is 18.5 Å². The van der Waals surface area contributed by atoms with Crippen molar-refractivity contribution in [1.82, 2.24) is 0 Å². The Kier molecular flexibility index (Phi) is 15.9. The van der Waals surface area contributed by atoms with Crippen LogP contribution in [0.2, 0.25) is 6.32 Å². The zero-order valence-electron chi connectivity index (χ0n) is 15.6. The highest BCUT2D eigenvalue weighted by Crippen LogP contribution is 2.18. The van der Waals surface area contributed by atoms with Gasteiger partial charge in [0.25, 0.3) is 0 Å². The fourth-order valence-corrected chi connectivity index (χ4v) is 2.98. The second-order valence-electron chi connectivity index (χ2n) is 6.39. The van der Waals surface area contributed by atoms with Gasteiger partial charge in [0.15, 0.2) is 0 Å². The lowest BCUT2D eigenvalue weighted by Gasteiger charge is -2.25. The summed E-state index contributed by atoms with van der Waals surface area (Å²) in [6, 6.07) is 0. The van der Waals surface area contributed by atoms with Gasteiger partial charge in [-0.25, -0.2) is 0 Å². The summed E-state index contributed by atoms with van der Waals surface area (Å²) in [5.74, 6) is 0. The second kappa shape index (κ2) is 15.9. The van der Waals surface area contributed by atoms with Crippen molar-refractivity contribution in [2.45, 2.75) is 117 Å². The van der Waals surface area contributed by atoms with Gasteiger partial charge in [0.2, 0.25) is 0 Å². The van der Waals surface area contributed by atoms with Crippen LogP contribution in [0.1, 0.15) is 91.9 Å². The quantitative estimate of drug-likeness (QED) is 0.341. The summed E-state index contributed by atoms with van der Waals surface area (Å²) in [4.78, 5) is 0. The fourth-order valence-electron chi connectivity index (χ4n) is 2.98. The summed E-state index contributed by atoms with van der Waals surface area (Å²) in [7, 11) is 5.76. The van der Waals surface area contributed by atoms with Crippen LogP contribution in [0.5, 0.6) is 0 Å². The monoisotopic (exact) mass is 310 g/mol. The van der Waals surface area contributed by atoms with Gasteiger partial charge in [-0.15, -0.1) is 0 Å². The second-order valence-corrected chi connectivity index (χ2v) is 6.39. The van der Waals surface area contributed by atoms with Gasteiger partial charge in [0, 0.05) is 6.61 Å². The third kappa shape index (κ3) is 11.5. The van der Waals surface area contributed by atoms with Crippen LogP contribution in [-0.4, -0.2) is 32.8 Å². The molecule has 0 N–H and O–H groups in total. The van der Waals surface area contributed by atoms with Gasteiger partial charge in [-0.05, 0) is 38.5 Å². The molecule has 0 aromatic rings. The summed E-state index contributed by atoms with van der Waals surface area (Å²) >= 11 is 0. The number of hydrogen-bond donors (Lipinski definition) is 0. The topological polar surface area (TPSA) is 18.5 Å². The molecule has 2 radical (unpaired) electrons. The van der Waals surface area contributed by atoms with Crippen molar-refractivity contribution in [3.8, 4) is 0 Å². The Bertz CT molecular complexity index is 211. The first kappa shape index (κ1) is 22.0. The zero-order chi connectivity index (χ0) is 16.6. The van der Waals surface area contributed by atoms with Crippen LogP contribution in [0.15, 0.2) is 0 Å². The first-order valence-electron chi connectivity index (χ1n) is 9.68. The minimum absolute atomic E-state index is 0.261. The number of rotatable bonds is 16. The molecule has 0 aliphatic heterocycles. The Hall–Kier alpha value is -0.0151. The normalized spacial score (nSPS) is 13.2. The molecular weight excluding hydrogens is 271 g/mol. The largest absolute Gasteiger partial charge is 0.378 e. The lowest BCUT2D eigenvalue weighted by Crippen LogP contribution is -2.25. The summed E-state index contributed by atoms with van der Waals surface area (Å²) in [6.45, 7) is 9.72. The van der Waals surface area contributed by atoms with Crippen molar-refractivity contribution in [3.63, 3.8) is 0 Å². The van der Waals surface area contributed by atoms with Crippen LogP contribution in [0.3, 0.4) is 0 Å². The summed E-state index contributed by atoms with van der Waals surface area (Å²) in [5.41, 5.74) is 0. The highest BCUT2D eigenvalue weighted by molar-refractivity contribution is 6.08. The van der Waals surface area contributed by atoms with Crippen LogP contribution in [-0.2, 0) is 9.47 Å². The maximum atomic E-state index is 6.31. The van der Waals surface area contributed by atoms with Crippen LogP contribution in [0.4, 0.5) is 0 Å². The minimum atomic E-state index is 0.261. The first-order valence-corrected chi connectivity index (χ1v) is 9.68. The molecule has 0 saturated carbocycles. The van der Waals surface area contributed by atoms with E-state index in [-0.39, 0.29) is 6.10 Å². The van der Waals surface area contributed by atoms with Crippen LogP contribution < -0.4 is 0 Å². The van der Waals surface area contributed by atoms with Gasteiger partial charge in [-0.2, -0.15) is 0 Å². The van der Waals surface area contributed by atoms with E-state index < -0.39 is 0 Å². The zero-order valence-corrected chi connectivity index (χ0v) is 15.6. The van der Waals surface area contributed by atoms with E-state index in [2.05, 4.69) is 27.7 Å². The average Bonchev–Trinajstić information content (AvgIpc) is 2.48. The smallest absolute Gasteiger partial charge is 0.0654 e. The van der Waals surface area contributed by atoms with Gasteiger partial charge >= 0.3 is 0 Å². The maximum absolute atomic E-state index is 6.31. The molecule has 0 saturated heterocycles. The van der Waals surface area contributed by atoms with Gasteiger partial charge in [0.1, 0.15) is 0 Å². The van der Waals surface area contributed by atoms with Gasteiger partial charge in [-0.3, -0.25) is 0 Å². The summed E-state index contributed by atoms with van der Waals surface area (Å²) in [5, 5.41) is 0. The Labute approximate surface area is 141 Å². The Morgan fingerprint density at radius 2 is 1.09 bits per heavy atom. The SMILES string of the molecule is [B]CCC(CCOC(CCC)CCC)OC(CCC)CCC. The third-order valence-corrected chi connectivity index (χ3v) is 4.11. The predicted octanol–water partition coefficient (Wildman–Crippen LogP) is 5.69. The average molecular weight is 310 g/mol. The van der Waals surface area contributed by atoms with Crippen molar-refractivity contribution < 1.29 is 9.47 Å². The van der Waals surface area contributed by atoms with Gasteiger partial charge in [-0.1, -0.05) is 59.7 Å². The lowest BCUT2D eigenvalue weighted by molar-refractivity contribution is -0.0479. The number of hydrogen-bond acceptors (Lipinski definition) is 2. The summed E-state index contributed by atoms with van der Waals surface area (Å²) < 4.78 is 12.4. The molecule has 0 spiro atoms. The van der Waals surface area contributed by atoms with Gasteiger partial charge in [0.05, 0.1) is 26.2 Å². The Morgan fingerprint density at radius 3 is 1.55 bits per heavy atom. The molecule has 0 heterocycles. The molecule has 0 fully saturated rings. The number of ether oxygens (including phenoxy) is 2. The fraction of sp³-hybridized carbons (Fsp3) is 1.00. The van der Waals surface area contributed by atoms with Crippen molar-refractivity contribution in [2.75, 3.05) is 6.61 Å². The Morgan fingerprint density at radius 1 is 0.636 bits per heavy atom. The van der Waals surface area contributed by atoms with E-state index in [4.69, 9.17) is 17.3 Å². The summed E-state index contributed by atoms with van der Waals surface area (Å²) in [6.07, 6.45) is 13.1. The van der Waals surface area contributed by atoms with E-state index in [1.165, 1.54) is 38.5 Å². The Balaban J connectivity index is 4.19. The molecule has 0 bridgehead atoms. The van der Waals surface area contributed by atoms with Crippen molar-refractivity contribution >= 4 is 7.85 Å². The standard InChI is InChI=1S/C19H39BO2/c1-5-9-17(10-6-2)21-16-14-19(13-15-20)22-18(11-7-3)12-8-4/h17-19H,5-16H2,1-4H3. The van der Waals surface area contributed by atoms with E-state index in [1.807, 2.05) is 0 Å². The van der Waals surface area contributed by atoms with E-state index in [9.17, 15) is 0 Å². The molecule has 3 heteroatoms. The predicted molar refractivity (Wildman–Crippen MR) is 97.8 cm³/mol. The van der Waals surface area contributed by atoms with E-state index >= 15 is 0 Å². The molecule has 1 atom stereocenters. The molecule has 0 aliphatic carbocycles. The molecule has 0 aliphatic rings. The highest BCUT2D eigenvalue weighted by atomic mass is 16.5. The van der Waals surface area contributed by atoms with Gasteiger partial charge < -0.3 is 9.47 Å². The van der Waals surface area contributed by atoms with E-state index in [1.54, 1.807) is 0 Å². The maximum Gasteiger partial charge on any atom is 0.0654 e. The molecule has 0 aromatic carbocycles. The molecular formula is C19H39BO2. The molecule has 0 aromatic heterocycles.